The van der Waals surface area contributed by atoms with Gasteiger partial charge in [0, 0.05) is 5.69 Å². The van der Waals surface area contributed by atoms with Crippen LogP contribution in [0.4, 0.5) is 17.1 Å². The van der Waals surface area contributed by atoms with Crippen LogP contribution >= 0.6 is 0 Å². The first-order valence-electron chi connectivity index (χ1n) is 6.04. The Morgan fingerprint density at radius 1 is 1.00 bits per heavy atom. The molecule has 2 rings (SSSR count). The van der Waals surface area contributed by atoms with Gasteiger partial charge in [-0.25, -0.2) is 13.6 Å². The number of nitrogens with one attached hydrogen (secondary N) is 1. The van der Waals surface area contributed by atoms with E-state index in [1.807, 2.05) is 32.0 Å². The van der Waals surface area contributed by atoms with Crippen molar-refractivity contribution < 1.29 is 8.42 Å². The fourth-order valence-electron chi connectivity index (χ4n) is 1.85. The van der Waals surface area contributed by atoms with Gasteiger partial charge in [0.05, 0.1) is 16.3 Å². The van der Waals surface area contributed by atoms with Gasteiger partial charge in [-0.3, -0.25) is 0 Å². The number of sulfonamides is 1. The molecule has 2 aromatic rings. The Bertz CT molecular complexity index is 755. The summed E-state index contributed by atoms with van der Waals surface area (Å²) in [5.74, 6) is 0. The number of benzene rings is 2. The molecular formula is C14H17N3O2S. The first-order chi connectivity index (χ1) is 9.27. The maximum atomic E-state index is 11.3. The van der Waals surface area contributed by atoms with Crippen LogP contribution in [0.1, 0.15) is 11.1 Å². The Balaban J connectivity index is 2.38. The van der Waals surface area contributed by atoms with Crippen molar-refractivity contribution in [1.82, 2.24) is 0 Å². The zero-order valence-electron chi connectivity index (χ0n) is 11.3. The second kappa shape index (κ2) is 5.15. The van der Waals surface area contributed by atoms with Gasteiger partial charge in [0.1, 0.15) is 0 Å². The van der Waals surface area contributed by atoms with Gasteiger partial charge in [-0.05, 0) is 49.2 Å². The zero-order chi connectivity index (χ0) is 14.9. The molecule has 20 heavy (non-hydrogen) atoms. The summed E-state index contributed by atoms with van der Waals surface area (Å²) < 4.78 is 22.5. The predicted molar refractivity (Wildman–Crippen MR) is 81.4 cm³/mol. The van der Waals surface area contributed by atoms with Crippen LogP contribution in [0.3, 0.4) is 0 Å². The molecule has 0 fully saturated rings. The second-order valence-corrected chi connectivity index (χ2v) is 6.30. The molecule has 0 saturated heterocycles. The summed E-state index contributed by atoms with van der Waals surface area (Å²) in [4.78, 5) is 0.00140. The average molecular weight is 291 g/mol. The molecule has 5 N–H and O–H groups in total. The van der Waals surface area contributed by atoms with Crippen molar-refractivity contribution in [2.45, 2.75) is 18.7 Å². The Morgan fingerprint density at radius 3 is 2.30 bits per heavy atom. The summed E-state index contributed by atoms with van der Waals surface area (Å²) in [7, 11) is -3.74. The first-order valence-corrected chi connectivity index (χ1v) is 7.58. The van der Waals surface area contributed by atoms with Gasteiger partial charge in [-0.2, -0.15) is 0 Å². The van der Waals surface area contributed by atoms with E-state index in [9.17, 15) is 8.42 Å². The van der Waals surface area contributed by atoms with Crippen molar-refractivity contribution in [3.63, 3.8) is 0 Å². The van der Waals surface area contributed by atoms with Crippen LogP contribution in [0.2, 0.25) is 0 Å². The molecule has 0 atom stereocenters. The fraction of sp³-hybridized carbons (Fsp3) is 0.143. The van der Waals surface area contributed by atoms with E-state index in [4.69, 9.17) is 10.9 Å². The molecule has 0 amide bonds. The lowest BCUT2D eigenvalue weighted by molar-refractivity contribution is 0.598. The van der Waals surface area contributed by atoms with Crippen LogP contribution in [0, 0.1) is 13.8 Å². The van der Waals surface area contributed by atoms with Crippen molar-refractivity contribution in [2.75, 3.05) is 11.1 Å². The summed E-state index contributed by atoms with van der Waals surface area (Å²) in [6.07, 6.45) is 0. The van der Waals surface area contributed by atoms with E-state index in [2.05, 4.69) is 5.32 Å². The smallest absolute Gasteiger partial charge is 0.238 e. The molecule has 0 aromatic heterocycles. The lowest BCUT2D eigenvalue weighted by atomic mass is 10.1. The largest absolute Gasteiger partial charge is 0.397 e. The number of hydrogen-bond donors (Lipinski definition) is 3. The van der Waals surface area contributed by atoms with Gasteiger partial charge in [-0.1, -0.05) is 12.1 Å². The summed E-state index contributed by atoms with van der Waals surface area (Å²) in [6, 6.07) is 10.4. The number of aryl methyl sites for hydroxylation is 2. The molecule has 0 saturated carbocycles. The molecule has 0 unspecified atom stereocenters. The Labute approximate surface area is 118 Å². The van der Waals surface area contributed by atoms with Gasteiger partial charge in [0.2, 0.25) is 10.0 Å². The van der Waals surface area contributed by atoms with Crippen LogP contribution in [-0.4, -0.2) is 8.42 Å². The lowest BCUT2D eigenvalue weighted by Gasteiger charge is -2.13. The van der Waals surface area contributed by atoms with Crippen LogP contribution in [0.5, 0.6) is 0 Å². The van der Waals surface area contributed by atoms with Gasteiger partial charge < -0.3 is 11.1 Å². The highest BCUT2D eigenvalue weighted by Gasteiger charge is 2.10. The van der Waals surface area contributed by atoms with Crippen LogP contribution in [0.15, 0.2) is 41.3 Å². The molecule has 0 bridgehead atoms. The third-order valence-electron chi connectivity index (χ3n) is 3.01. The molecule has 0 radical (unpaired) electrons. The summed E-state index contributed by atoms with van der Waals surface area (Å²) in [6.45, 7) is 3.98. The van der Waals surface area contributed by atoms with E-state index in [1.54, 1.807) is 6.07 Å². The molecule has 0 aliphatic heterocycles. The van der Waals surface area contributed by atoms with E-state index >= 15 is 0 Å². The average Bonchev–Trinajstić information content (AvgIpc) is 2.35. The van der Waals surface area contributed by atoms with Crippen molar-refractivity contribution in [2.24, 2.45) is 5.14 Å². The van der Waals surface area contributed by atoms with E-state index in [0.29, 0.717) is 11.4 Å². The minimum atomic E-state index is -3.74. The van der Waals surface area contributed by atoms with Crippen molar-refractivity contribution in [3.8, 4) is 0 Å². The monoisotopic (exact) mass is 291 g/mol. The second-order valence-electron chi connectivity index (χ2n) is 4.74. The van der Waals surface area contributed by atoms with Crippen LogP contribution < -0.4 is 16.2 Å². The van der Waals surface area contributed by atoms with Crippen molar-refractivity contribution in [3.05, 3.63) is 47.5 Å². The standard InChI is InChI=1S/C14H17N3O2S/c1-9-3-4-10(2)14(7-9)17-13-6-5-11(8-12(13)15)20(16,18)19/h3-8,17H,15H2,1-2H3,(H2,16,18,19). The number of rotatable bonds is 3. The Hall–Kier alpha value is -2.05. The molecule has 6 heteroatoms. The molecule has 2 aromatic carbocycles. The fourth-order valence-corrected chi connectivity index (χ4v) is 2.40. The van der Waals surface area contributed by atoms with Gasteiger partial charge >= 0.3 is 0 Å². The molecule has 5 nitrogen and oxygen atoms in total. The van der Waals surface area contributed by atoms with Crippen LogP contribution in [0.25, 0.3) is 0 Å². The van der Waals surface area contributed by atoms with E-state index in [0.717, 1.165) is 16.8 Å². The van der Waals surface area contributed by atoms with E-state index < -0.39 is 10.0 Å². The minimum absolute atomic E-state index is 0.00140. The molecular weight excluding hydrogens is 274 g/mol. The summed E-state index contributed by atoms with van der Waals surface area (Å²) >= 11 is 0. The van der Waals surface area contributed by atoms with Gasteiger partial charge in [0.15, 0.2) is 0 Å². The first kappa shape index (κ1) is 14.4. The highest BCUT2D eigenvalue weighted by atomic mass is 32.2. The molecule has 0 aliphatic carbocycles. The number of hydrogen-bond acceptors (Lipinski definition) is 4. The van der Waals surface area contributed by atoms with Crippen molar-refractivity contribution >= 4 is 27.1 Å². The highest BCUT2D eigenvalue weighted by Crippen LogP contribution is 2.27. The van der Waals surface area contributed by atoms with E-state index in [-0.39, 0.29) is 4.90 Å². The SMILES string of the molecule is Cc1ccc(C)c(Nc2ccc(S(N)(=O)=O)cc2N)c1. The number of primary sulfonamides is 1. The number of anilines is 3. The molecule has 0 heterocycles. The maximum Gasteiger partial charge on any atom is 0.238 e. The highest BCUT2D eigenvalue weighted by molar-refractivity contribution is 7.89. The van der Waals surface area contributed by atoms with Crippen molar-refractivity contribution in [1.29, 1.82) is 0 Å². The Kier molecular flexibility index (Phi) is 3.69. The van der Waals surface area contributed by atoms with E-state index in [1.165, 1.54) is 12.1 Å². The number of nitrogen functional groups attached to an aromatic ring is 1. The normalized spacial score (nSPS) is 11.3. The van der Waals surface area contributed by atoms with Gasteiger partial charge in [-0.15, -0.1) is 0 Å². The third-order valence-corrected chi connectivity index (χ3v) is 3.92. The van der Waals surface area contributed by atoms with Crippen LogP contribution in [-0.2, 0) is 10.0 Å². The molecule has 106 valence electrons. The summed E-state index contributed by atoms with van der Waals surface area (Å²) in [5, 5.41) is 8.27. The number of nitrogens with two attached hydrogens (primary N) is 2. The summed E-state index contributed by atoms with van der Waals surface area (Å²) in [5.41, 5.74) is 9.98. The molecule has 0 aliphatic rings. The maximum absolute atomic E-state index is 11.3. The lowest BCUT2D eigenvalue weighted by Crippen LogP contribution is -2.12. The minimum Gasteiger partial charge on any atom is -0.397 e. The predicted octanol–water partition coefficient (Wildman–Crippen LogP) is 2.28. The molecule has 0 spiro atoms. The topological polar surface area (TPSA) is 98.2 Å². The third kappa shape index (κ3) is 3.09. The van der Waals surface area contributed by atoms with Gasteiger partial charge in [0.25, 0.3) is 0 Å². The Morgan fingerprint density at radius 2 is 1.70 bits per heavy atom. The quantitative estimate of drug-likeness (QED) is 0.755. The zero-order valence-corrected chi connectivity index (χ0v) is 12.2.